The SMILES string of the molecule is COCCOCCOc1c(OC)cc(C(C)C)c(/C=C/[C@H]2C[C@H](O)CC(=O)O2)c1-c1ccc(F)cc1. The molecule has 8 heteroatoms. The molecular formula is C28H35FO7. The Labute approximate surface area is 211 Å². The van der Waals surface area contributed by atoms with Gasteiger partial charge in [-0.25, -0.2) is 4.39 Å². The molecule has 7 nitrogen and oxygen atoms in total. The number of rotatable bonds is 12. The Balaban J connectivity index is 2.08. The summed E-state index contributed by atoms with van der Waals surface area (Å²) in [5.74, 6) is 0.387. The summed E-state index contributed by atoms with van der Waals surface area (Å²) in [4.78, 5) is 11.8. The van der Waals surface area contributed by atoms with Crippen molar-refractivity contribution in [1.29, 1.82) is 0 Å². The molecule has 196 valence electrons. The molecule has 1 aliphatic rings. The fourth-order valence-electron chi connectivity index (χ4n) is 4.11. The molecule has 36 heavy (non-hydrogen) atoms. The summed E-state index contributed by atoms with van der Waals surface area (Å²) < 4.78 is 41.6. The maximum atomic E-state index is 13.8. The molecule has 2 aromatic rings. The smallest absolute Gasteiger partial charge is 0.309 e. The van der Waals surface area contributed by atoms with E-state index in [0.29, 0.717) is 37.7 Å². The Morgan fingerprint density at radius 3 is 2.50 bits per heavy atom. The van der Waals surface area contributed by atoms with Crippen LogP contribution in [0.2, 0.25) is 0 Å². The third-order valence-electron chi connectivity index (χ3n) is 5.87. The number of esters is 1. The van der Waals surface area contributed by atoms with Crippen molar-refractivity contribution in [3.8, 4) is 22.6 Å². The van der Waals surface area contributed by atoms with Crippen LogP contribution >= 0.6 is 0 Å². The van der Waals surface area contributed by atoms with Gasteiger partial charge in [-0.15, -0.1) is 0 Å². The van der Waals surface area contributed by atoms with Crippen LogP contribution in [0.15, 0.2) is 36.4 Å². The summed E-state index contributed by atoms with van der Waals surface area (Å²) in [7, 11) is 3.19. The van der Waals surface area contributed by atoms with Gasteiger partial charge in [-0.1, -0.05) is 32.1 Å². The zero-order valence-electron chi connectivity index (χ0n) is 21.3. The molecular weight excluding hydrogens is 467 g/mol. The lowest BCUT2D eigenvalue weighted by Crippen LogP contribution is -2.31. The molecule has 1 heterocycles. The molecule has 0 aromatic heterocycles. The largest absolute Gasteiger partial charge is 0.493 e. The molecule has 0 radical (unpaired) electrons. The van der Waals surface area contributed by atoms with Crippen LogP contribution < -0.4 is 9.47 Å². The van der Waals surface area contributed by atoms with E-state index in [0.717, 1.165) is 22.3 Å². The Hall–Kier alpha value is -2.94. The number of carbonyl (C=O) groups is 1. The molecule has 0 aliphatic carbocycles. The second kappa shape index (κ2) is 13.4. The van der Waals surface area contributed by atoms with Crippen molar-refractivity contribution in [2.45, 2.75) is 44.8 Å². The quantitative estimate of drug-likeness (QED) is 0.331. The molecule has 1 fully saturated rings. The number of hydrogen-bond acceptors (Lipinski definition) is 7. The van der Waals surface area contributed by atoms with Gasteiger partial charge >= 0.3 is 5.97 Å². The van der Waals surface area contributed by atoms with Gasteiger partial charge in [0.2, 0.25) is 0 Å². The fourth-order valence-corrected chi connectivity index (χ4v) is 4.11. The summed E-state index contributed by atoms with van der Waals surface area (Å²) in [6.07, 6.45) is 2.68. The molecule has 1 aliphatic heterocycles. The van der Waals surface area contributed by atoms with Crippen molar-refractivity contribution in [2.75, 3.05) is 40.6 Å². The zero-order chi connectivity index (χ0) is 26.1. The Morgan fingerprint density at radius 2 is 1.86 bits per heavy atom. The van der Waals surface area contributed by atoms with Crippen molar-refractivity contribution < 1.29 is 38.0 Å². The molecule has 0 spiro atoms. The van der Waals surface area contributed by atoms with E-state index in [1.165, 1.54) is 12.1 Å². The van der Waals surface area contributed by atoms with Crippen LogP contribution in [0.1, 0.15) is 43.7 Å². The average Bonchev–Trinajstić information content (AvgIpc) is 2.84. The van der Waals surface area contributed by atoms with Gasteiger partial charge < -0.3 is 28.8 Å². The lowest BCUT2D eigenvalue weighted by Gasteiger charge is -2.25. The number of hydrogen-bond donors (Lipinski definition) is 1. The average molecular weight is 503 g/mol. The van der Waals surface area contributed by atoms with Gasteiger partial charge in [-0.3, -0.25) is 4.79 Å². The minimum Gasteiger partial charge on any atom is -0.493 e. The van der Waals surface area contributed by atoms with Gasteiger partial charge in [0, 0.05) is 19.1 Å². The summed E-state index contributed by atoms with van der Waals surface area (Å²) in [6, 6.07) is 8.11. The minimum absolute atomic E-state index is 0.00457. The molecule has 1 saturated heterocycles. The first-order valence-electron chi connectivity index (χ1n) is 12.1. The van der Waals surface area contributed by atoms with Crippen LogP contribution in [0.25, 0.3) is 17.2 Å². The third-order valence-corrected chi connectivity index (χ3v) is 5.87. The molecule has 1 N–H and O–H groups in total. The number of cyclic esters (lactones) is 1. The summed E-state index contributed by atoms with van der Waals surface area (Å²) in [6.45, 7) is 5.69. The van der Waals surface area contributed by atoms with Crippen molar-refractivity contribution in [3.05, 3.63) is 53.4 Å². The Kier molecular flexibility index (Phi) is 10.3. The van der Waals surface area contributed by atoms with Gasteiger partial charge in [0.15, 0.2) is 11.5 Å². The van der Waals surface area contributed by atoms with Crippen LogP contribution in [0.4, 0.5) is 4.39 Å². The van der Waals surface area contributed by atoms with Crippen LogP contribution in [0.3, 0.4) is 0 Å². The van der Waals surface area contributed by atoms with Gasteiger partial charge in [-0.2, -0.15) is 0 Å². The van der Waals surface area contributed by atoms with Crippen LogP contribution in [-0.4, -0.2) is 63.9 Å². The molecule has 0 unspecified atom stereocenters. The first kappa shape index (κ1) is 27.6. The molecule has 2 atom stereocenters. The molecule has 3 rings (SSSR count). The first-order chi connectivity index (χ1) is 17.3. The van der Waals surface area contributed by atoms with E-state index < -0.39 is 18.2 Å². The number of ether oxygens (including phenoxy) is 5. The third kappa shape index (κ3) is 7.29. The minimum atomic E-state index is -0.741. The summed E-state index contributed by atoms with van der Waals surface area (Å²) in [5.41, 5.74) is 3.29. The summed E-state index contributed by atoms with van der Waals surface area (Å²) in [5, 5.41) is 10.0. The number of aliphatic hydroxyl groups is 1. The predicted octanol–water partition coefficient (Wildman–Crippen LogP) is 4.75. The lowest BCUT2D eigenvalue weighted by molar-refractivity contribution is -0.156. The second-order valence-electron chi connectivity index (χ2n) is 8.88. The predicted molar refractivity (Wildman–Crippen MR) is 135 cm³/mol. The highest BCUT2D eigenvalue weighted by molar-refractivity contribution is 5.85. The van der Waals surface area contributed by atoms with E-state index in [4.69, 9.17) is 23.7 Å². The molecule has 0 saturated carbocycles. The van der Waals surface area contributed by atoms with E-state index in [1.54, 1.807) is 32.4 Å². The molecule has 2 aromatic carbocycles. The highest BCUT2D eigenvalue weighted by Crippen LogP contribution is 2.45. The van der Waals surface area contributed by atoms with Gasteiger partial charge in [0.05, 0.1) is 39.5 Å². The van der Waals surface area contributed by atoms with E-state index in [1.807, 2.05) is 12.1 Å². The number of methoxy groups -OCH3 is 2. The van der Waals surface area contributed by atoms with Gasteiger partial charge in [0.25, 0.3) is 0 Å². The molecule has 0 bridgehead atoms. The van der Waals surface area contributed by atoms with E-state index in [-0.39, 0.29) is 24.8 Å². The van der Waals surface area contributed by atoms with E-state index in [9.17, 15) is 14.3 Å². The van der Waals surface area contributed by atoms with Gasteiger partial charge in [0.1, 0.15) is 18.5 Å². The maximum absolute atomic E-state index is 13.8. The van der Waals surface area contributed by atoms with Crippen molar-refractivity contribution in [2.24, 2.45) is 0 Å². The van der Waals surface area contributed by atoms with Crippen molar-refractivity contribution >= 4 is 12.0 Å². The number of carbonyl (C=O) groups excluding carboxylic acids is 1. The van der Waals surface area contributed by atoms with E-state index in [2.05, 4.69) is 13.8 Å². The maximum Gasteiger partial charge on any atom is 0.309 e. The van der Waals surface area contributed by atoms with Crippen LogP contribution in [0, 0.1) is 5.82 Å². The van der Waals surface area contributed by atoms with E-state index >= 15 is 0 Å². The second-order valence-corrected chi connectivity index (χ2v) is 8.88. The normalized spacial score (nSPS) is 18.0. The highest BCUT2D eigenvalue weighted by Gasteiger charge is 2.26. The van der Waals surface area contributed by atoms with Crippen molar-refractivity contribution in [1.82, 2.24) is 0 Å². The number of halogens is 1. The number of benzene rings is 2. The van der Waals surface area contributed by atoms with Crippen LogP contribution in [-0.2, 0) is 19.0 Å². The number of aliphatic hydroxyl groups excluding tert-OH is 1. The standard InChI is InChI=1S/C28H35FO7/c1-18(2)24-17-25(33-4)28(35-14-13-34-12-11-32-3)27(19-5-7-20(29)8-6-19)23(24)10-9-22-15-21(30)16-26(31)36-22/h5-10,17-18,21-22,30H,11-16H2,1-4H3/b10-9+/t21-,22-/m0/s1. The van der Waals surface area contributed by atoms with Gasteiger partial charge in [-0.05, 0) is 46.9 Å². The highest BCUT2D eigenvalue weighted by atomic mass is 19.1. The Morgan fingerprint density at radius 1 is 1.14 bits per heavy atom. The van der Waals surface area contributed by atoms with Crippen molar-refractivity contribution in [3.63, 3.8) is 0 Å². The fraction of sp³-hybridized carbons (Fsp3) is 0.464. The molecule has 0 amide bonds. The Bertz CT molecular complexity index is 1030. The topological polar surface area (TPSA) is 83.5 Å². The first-order valence-corrected chi connectivity index (χ1v) is 12.1. The zero-order valence-corrected chi connectivity index (χ0v) is 21.3. The monoisotopic (exact) mass is 502 g/mol. The van der Waals surface area contributed by atoms with Crippen LogP contribution in [0.5, 0.6) is 11.5 Å². The summed E-state index contributed by atoms with van der Waals surface area (Å²) >= 11 is 0. The lowest BCUT2D eigenvalue weighted by atomic mass is 9.88.